The van der Waals surface area contributed by atoms with E-state index in [9.17, 15) is 4.79 Å². The summed E-state index contributed by atoms with van der Waals surface area (Å²) in [5.74, 6) is -0.591. The molecule has 3 unspecified atom stereocenters. The second-order valence-corrected chi connectivity index (χ2v) is 13.5. The first-order valence-corrected chi connectivity index (χ1v) is 13.4. The molecule has 0 aliphatic heterocycles. The predicted octanol–water partition coefficient (Wildman–Crippen LogP) is 5.79. The molecule has 0 amide bonds. The molecular formula is C28H33N2O4P3. The van der Waals surface area contributed by atoms with Crippen molar-refractivity contribution < 1.29 is 19.2 Å². The van der Waals surface area contributed by atoms with Crippen molar-refractivity contribution in [3.05, 3.63) is 106 Å². The van der Waals surface area contributed by atoms with E-state index in [-0.39, 0.29) is 17.0 Å². The molecule has 0 aliphatic carbocycles. The molecule has 0 aliphatic rings. The van der Waals surface area contributed by atoms with Crippen LogP contribution in [0.5, 0.6) is 0 Å². The van der Waals surface area contributed by atoms with E-state index >= 15 is 0 Å². The van der Waals surface area contributed by atoms with Crippen molar-refractivity contribution in [2.45, 2.75) is 31.5 Å². The maximum absolute atomic E-state index is 12.3. The molecule has 9 heteroatoms. The summed E-state index contributed by atoms with van der Waals surface area (Å²) in [6, 6.07) is 22.4. The molecule has 0 saturated carbocycles. The third kappa shape index (κ3) is 7.68. The Hall–Kier alpha value is -2.64. The number of methoxy groups -OCH3 is 1. The number of hydrogen-bond donors (Lipinski definition) is 0. The van der Waals surface area contributed by atoms with E-state index in [1.54, 1.807) is 6.07 Å². The number of ether oxygens (including phenoxy) is 1. The number of benzene rings is 3. The summed E-state index contributed by atoms with van der Waals surface area (Å²) < 4.78 is 4.56. The topological polar surface area (TPSA) is 69.5 Å². The molecule has 3 atom stereocenters. The maximum Gasteiger partial charge on any atom is 0.360 e. The fourth-order valence-electron chi connectivity index (χ4n) is 3.95. The third-order valence-electron chi connectivity index (χ3n) is 5.83. The van der Waals surface area contributed by atoms with Crippen LogP contribution in [-0.4, -0.2) is 31.6 Å². The van der Waals surface area contributed by atoms with Crippen LogP contribution < -0.4 is 0 Å². The molecule has 0 aromatic heterocycles. The van der Waals surface area contributed by atoms with Crippen molar-refractivity contribution in [1.82, 2.24) is 0 Å². The highest BCUT2D eigenvalue weighted by Crippen LogP contribution is 2.47. The molecule has 0 fully saturated rings. The van der Waals surface area contributed by atoms with E-state index in [2.05, 4.69) is 80.5 Å². The first kappa shape index (κ1) is 28.9. The first-order chi connectivity index (χ1) is 17.7. The molecule has 0 radical (unpaired) electrons. The summed E-state index contributed by atoms with van der Waals surface area (Å²) >= 11 is 0. The summed E-state index contributed by atoms with van der Waals surface area (Å²) in [6.45, 7) is 4.01. The summed E-state index contributed by atoms with van der Waals surface area (Å²) in [5, 5.41) is 8.31. The minimum absolute atomic E-state index is 0.0723. The normalized spacial score (nSPS) is 12.3. The molecule has 0 N–H and O–H groups in total. The van der Waals surface area contributed by atoms with Gasteiger partial charge in [0.15, 0.2) is 5.71 Å². The van der Waals surface area contributed by atoms with Gasteiger partial charge < -0.3 is 14.4 Å². The van der Waals surface area contributed by atoms with Gasteiger partial charge in [0.25, 0.3) is 0 Å². The molecule has 0 heterocycles. The number of aryl methyl sites for hydroxylation is 1. The Labute approximate surface area is 225 Å². The first-order valence-electron chi connectivity index (χ1n) is 11.6. The summed E-state index contributed by atoms with van der Waals surface area (Å²) in [7, 11) is 11.3. The minimum atomic E-state index is -0.591. The standard InChI is InChI=1S/C28H33N2O4P3/c1-18-9-8-12-23(26(30-33-4)27(31)32-3)24(18)17-34-29-19(2)22-14-13-21(16-25(22)28(35,36)37)15-20-10-6-5-7-11-20/h5-14,16H,15,17,35-37H2,1-4H3/b29-19+,30-26+. The van der Waals surface area contributed by atoms with Crippen LogP contribution in [0.2, 0.25) is 0 Å². The summed E-state index contributed by atoms with van der Waals surface area (Å²) in [6.07, 6.45) is 0.846. The summed E-state index contributed by atoms with van der Waals surface area (Å²) in [4.78, 5) is 23.0. The molecule has 0 bridgehead atoms. The smallest absolute Gasteiger partial charge is 0.360 e. The van der Waals surface area contributed by atoms with Gasteiger partial charge in [-0.3, -0.25) is 0 Å². The molecule has 0 saturated heterocycles. The van der Waals surface area contributed by atoms with E-state index in [0.29, 0.717) is 5.56 Å². The van der Waals surface area contributed by atoms with Crippen molar-refractivity contribution >= 4 is 45.1 Å². The predicted molar refractivity (Wildman–Crippen MR) is 160 cm³/mol. The number of carbonyl (C=O) groups excluding carboxylic acids is 1. The molecule has 0 spiro atoms. The summed E-state index contributed by atoms with van der Waals surface area (Å²) in [5.41, 5.74) is 7.66. The van der Waals surface area contributed by atoms with Crippen molar-refractivity contribution in [2.75, 3.05) is 14.2 Å². The van der Waals surface area contributed by atoms with Gasteiger partial charge in [-0.15, -0.1) is 27.7 Å². The quantitative estimate of drug-likeness (QED) is 0.138. The van der Waals surface area contributed by atoms with Crippen LogP contribution in [0.1, 0.15) is 45.9 Å². The number of oxime groups is 2. The van der Waals surface area contributed by atoms with E-state index in [1.165, 1.54) is 25.3 Å². The van der Waals surface area contributed by atoms with E-state index in [4.69, 9.17) is 14.4 Å². The molecule has 3 rings (SSSR count). The largest absolute Gasteiger partial charge is 0.464 e. The Kier molecular flexibility index (Phi) is 10.4. The number of esters is 1. The van der Waals surface area contributed by atoms with Crippen LogP contribution in [0.15, 0.2) is 77.0 Å². The minimum Gasteiger partial charge on any atom is -0.464 e. The molecule has 3 aromatic carbocycles. The van der Waals surface area contributed by atoms with Crippen LogP contribution in [0, 0.1) is 6.92 Å². The Morgan fingerprint density at radius 3 is 2.27 bits per heavy atom. The number of nitrogens with zero attached hydrogens (tertiary/aromatic N) is 2. The number of carbonyl (C=O) groups is 1. The second-order valence-electron chi connectivity index (χ2n) is 8.64. The molecule has 37 heavy (non-hydrogen) atoms. The zero-order valence-corrected chi connectivity index (χ0v) is 25.0. The Bertz CT molecular complexity index is 1300. The lowest BCUT2D eigenvalue weighted by molar-refractivity contribution is -0.132. The SMILES string of the molecule is CO/N=C(/C(=O)OC)c1cccc(C)c1CO/N=C(\C)c1ccc(Cc2ccccc2)cc1C(P)(P)P. The fraction of sp³-hybridized carbons (Fsp3) is 0.250. The van der Waals surface area contributed by atoms with Gasteiger partial charge in [-0.25, -0.2) is 4.79 Å². The Balaban J connectivity index is 1.88. The molecule has 194 valence electrons. The second kappa shape index (κ2) is 13.2. The van der Waals surface area contributed by atoms with Gasteiger partial charge in [-0.2, -0.15) is 0 Å². The fourth-order valence-corrected chi connectivity index (χ4v) is 4.67. The van der Waals surface area contributed by atoms with Gasteiger partial charge in [-0.05, 0) is 42.5 Å². The lowest BCUT2D eigenvalue weighted by Gasteiger charge is -2.23. The van der Waals surface area contributed by atoms with Gasteiger partial charge in [0, 0.05) is 21.3 Å². The van der Waals surface area contributed by atoms with E-state index < -0.39 is 5.97 Å². The molecule has 3 aromatic rings. The van der Waals surface area contributed by atoms with Crippen molar-refractivity contribution in [2.24, 2.45) is 10.3 Å². The average molecular weight is 555 g/mol. The lowest BCUT2D eigenvalue weighted by atomic mass is 9.98. The highest BCUT2D eigenvalue weighted by Gasteiger charge is 2.22. The monoisotopic (exact) mass is 554 g/mol. The van der Waals surface area contributed by atoms with Gasteiger partial charge in [0.05, 0.1) is 12.8 Å². The average Bonchev–Trinajstić information content (AvgIpc) is 2.88. The van der Waals surface area contributed by atoms with Crippen molar-refractivity contribution in [3.8, 4) is 0 Å². The van der Waals surface area contributed by atoms with Crippen LogP contribution >= 0.6 is 27.7 Å². The van der Waals surface area contributed by atoms with Crippen LogP contribution in [-0.2, 0) is 36.9 Å². The Morgan fingerprint density at radius 1 is 0.892 bits per heavy atom. The Morgan fingerprint density at radius 2 is 1.62 bits per heavy atom. The van der Waals surface area contributed by atoms with Crippen LogP contribution in [0.25, 0.3) is 0 Å². The number of rotatable bonds is 10. The third-order valence-corrected chi connectivity index (χ3v) is 6.76. The molecule has 6 nitrogen and oxygen atoms in total. The van der Waals surface area contributed by atoms with E-state index in [1.807, 2.05) is 32.0 Å². The van der Waals surface area contributed by atoms with E-state index in [0.717, 1.165) is 34.4 Å². The van der Waals surface area contributed by atoms with Crippen LogP contribution in [0.3, 0.4) is 0 Å². The zero-order chi connectivity index (χ0) is 27.0. The highest BCUT2D eigenvalue weighted by atomic mass is 31.1. The van der Waals surface area contributed by atoms with Gasteiger partial charge in [0.1, 0.15) is 13.7 Å². The van der Waals surface area contributed by atoms with Gasteiger partial charge >= 0.3 is 5.97 Å². The van der Waals surface area contributed by atoms with Gasteiger partial charge in [0.2, 0.25) is 0 Å². The maximum atomic E-state index is 12.3. The van der Waals surface area contributed by atoms with Crippen molar-refractivity contribution in [3.63, 3.8) is 0 Å². The highest BCUT2D eigenvalue weighted by molar-refractivity contribution is 7.56. The molecular weight excluding hydrogens is 521 g/mol. The van der Waals surface area contributed by atoms with Gasteiger partial charge in [-0.1, -0.05) is 77.0 Å². The van der Waals surface area contributed by atoms with Crippen LogP contribution in [0.4, 0.5) is 0 Å². The number of hydrogen-bond acceptors (Lipinski definition) is 6. The zero-order valence-electron chi connectivity index (χ0n) is 21.5. The van der Waals surface area contributed by atoms with Crippen molar-refractivity contribution in [1.29, 1.82) is 0 Å². The lowest BCUT2D eigenvalue weighted by Crippen LogP contribution is -2.20.